The van der Waals surface area contributed by atoms with Gasteiger partial charge in [-0.3, -0.25) is 9.59 Å². The molecule has 1 rings (SSSR count). The molecular weight excluding hydrogens is 254 g/mol. The Hall–Kier alpha value is -1.88. The van der Waals surface area contributed by atoms with Crippen molar-refractivity contribution in [1.29, 1.82) is 0 Å². The lowest BCUT2D eigenvalue weighted by Gasteiger charge is -2.18. The van der Waals surface area contributed by atoms with Crippen molar-refractivity contribution in [3.8, 4) is 0 Å². The summed E-state index contributed by atoms with van der Waals surface area (Å²) in [6.45, 7) is 0.430. The monoisotopic (exact) mass is 277 g/mol. The predicted octanol–water partition coefficient (Wildman–Crippen LogP) is 1.06. The molecule has 3 N–H and O–H groups in total. The van der Waals surface area contributed by atoms with Crippen molar-refractivity contribution in [1.82, 2.24) is 10.2 Å². The van der Waals surface area contributed by atoms with Gasteiger partial charge in [0.15, 0.2) is 0 Å². The minimum Gasteiger partial charge on any atom is -0.359 e. The molecule has 0 aromatic heterocycles. The maximum Gasteiger partial charge on any atom is 0.222 e. The maximum absolute atomic E-state index is 11.9. The van der Waals surface area contributed by atoms with Gasteiger partial charge in [-0.1, -0.05) is 30.3 Å². The highest BCUT2D eigenvalue weighted by atomic mass is 16.2. The second-order valence-corrected chi connectivity index (χ2v) is 4.79. The second-order valence-electron chi connectivity index (χ2n) is 4.79. The Morgan fingerprint density at radius 2 is 1.90 bits per heavy atom. The summed E-state index contributed by atoms with van der Waals surface area (Å²) in [6, 6.07) is 9.61. The zero-order chi connectivity index (χ0) is 15.0. The molecule has 0 radical (unpaired) electrons. The number of carbonyl (C=O) groups excluding carboxylic acids is 2. The van der Waals surface area contributed by atoms with Crippen molar-refractivity contribution in [3.05, 3.63) is 35.9 Å². The number of carbonyl (C=O) groups is 2. The third-order valence-corrected chi connectivity index (χ3v) is 3.28. The molecule has 1 aromatic carbocycles. The molecule has 0 heterocycles. The van der Waals surface area contributed by atoms with Crippen LogP contribution in [0.3, 0.4) is 0 Å². The molecule has 2 amide bonds. The first kappa shape index (κ1) is 16.2. The molecular formula is C15H23N3O2. The molecule has 0 saturated carbocycles. The van der Waals surface area contributed by atoms with E-state index in [-0.39, 0.29) is 17.9 Å². The van der Waals surface area contributed by atoms with Crippen LogP contribution in [0, 0.1) is 0 Å². The van der Waals surface area contributed by atoms with Crippen molar-refractivity contribution in [3.63, 3.8) is 0 Å². The van der Waals surface area contributed by atoms with E-state index in [1.54, 1.807) is 19.0 Å². The van der Waals surface area contributed by atoms with E-state index >= 15 is 0 Å². The molecule has 0 fully saturated rings. The third kappa shape index (κ3) is 5.40. The summed E-state index contributed by atoms with van der Waals surface area (Å²) < 4.78 is 0. The van der Waals surface area contributed by atoms with E-state index in [2.05, 4.69) is 5.32 Å². The Morgan fingerprint density at radius 3 is 2.50 bits per heavy atom. The standard InChI is InChI=1S/C15H23N3O2/c1-17-14(19)10-11-18(2)15(20)9-8-13(16)12-6-4-3-5-7-12/h3-7,13H,8-11,16H2,1-2H3,(H,17,19). The van der Waals surface area contributed by atoms with Crippen LogP contribution in [0.4, 0.5) is 0 Å². The van der Waals surface area contributed by atoms with Gasteiger partial charge in [0.25, 0.3) is 0 Å². The van der Waals surface area contributed by atoms with Crippen LogP contribution in [0.5, 0.6) is 0 Å². The Bertz CT molecular complexity index is 434. The van der Waals surface area contributed by atoms with Gasteiger partial charge in [0.1, 0.15) is 0 Å². The number of nitrogens with zero attached hydrogens (tertiary/aromatic N) is 1. The minimum atomic E-state index is -0.132. The molecule has 0 aliphatic heterocycles. The molecule has 110 valence electrons. The van der Waals surface area contributed by atoms with Crippen LogP contribution in [0.2, 0.25) is 0 Å². The van der Waals surface area contributed by atoms with Crippen LogP contribution >= 0.6 is 0 Å². The smallest absolute Gasteiger partial charge is 0.222 e. The van der Waals surface area contributed by atoms with Crippen LogP contribution in [0.15, 0.2) is 30.3 Å². The first-order valence-corrected chi connectivity index (χ1v) is 6.79. The highest BCUT2D eigenvalue weighted by molar-refractivity contribution is 5.78. The van der Waals surface area contributed by atoms with Crippen molar-refractivity contribution >= 4 is 11.8 Å². The molecule has 0 saturated heterocycles. The number of benzene rings is 1. The fraction of sp³-hybridized carbons (Fsp3) is 0.467. The number of amides is 2. The normalized spacial score (nSPS) is 11.8. The van der Waals surface area contributed by atoms with Gasteiger partial charge < -0.3 is 16.0 Å². The van der Waals surface area contributed by atoms with Crippen molar-refractivity contribution < 1.29 is 9.59 Å². The molecule has 1 unspecified atom stereocenters. The average molecular weight is 277 g/mol. The minimum absolute atomic E-state index is 0.0142. The summed E-state index contributed by atoms with van der Waals surface area (Å²) >= 11 is 0. The van der Waals surface area contributed by atoms with Gasteiger partial charge >= 0.3 is 0 Å². The van der Waals surface area contributed by atoms with Gasteiger partial charge in [-0.25, -0.2) is 0 Å². The number of rotatable bonds is 7. The predicted molar refractivity (Wildman–Crippen MR) is 78.9 cm³/mol. The van der Waals surface area contributed by atoms with Crippen LogP contribution < -0.4 is 11.1 Å². The van der Waals surface area contributed by atoms with Crippen molar-refractivity contribution in [2.75, 3.05) is 20.6 Å². The topological polar surface area (TPSA) is 75.4 Å². The zero-order valence-corrected chi connectivity index (χ0v) is 12.1. The van der Waals surface area contributed by atoms with Gasteiger partial charge in [0, 0.05) is 39.5 Å². The van der Waals surface area contributed by atoms with Crippen molar-refractivity contribution in [2.24, 2.45) is 5.73 Å². The lowest BCUT2D eigenvalue weighted by molar-refractivity contribution is -0.130. The second kappa shape index (κ2) is 8.32. The van der Waals surface area contributed by atoms with Crippen LogP contribution in [-0.2, 0) is 9.59 Å². The Balaban J connectivity index is 2.33. The van der Waals surface area contributed by atoms with Gasteiger partial charge in [0.2, 0.25) is 11.8 Å². The Kier molecular flexibility index (Phi) is 6.73. The molecule has 0 aliphatic carbocycles. The van der Waals surface area contributed by atoms with Crippen LogP contribution in [0.25, 0.3) is 0 Å². The summed E-state index contributed by atoms with van der Waals surface area (Å²) in [4.78, 5) is 24.6. The van der Waals surface area contributed by atoms with Crippen LogP contribution in [0.1, 0.15) is 30.9 Å². The maximum atomic E-state index is 11.9. The molecule has 1 atom stereocenters. The number of nitrogens with two attached hydrogens (primary N) is 1. The van der Waals surface area contributed by atoms with Gasteiger partial charge in [-0.2, -0.15) is 0 Å². The summed E-state index contributed by atoms with van der Waals surface area (Å²) in [5.74, 6) is -0.0501. The molecule has 5 heteroatoms. The Labute approximate surface area is 120 Å². The van der Waals surface area contributed by atoms with E-state index in [9.17, 15) is 9.59 Å². The van der Waals surface area contributed by atoms with E-state index in [0.29, 0.717) is 25.8 Å². The first-order chi connectivity index (χ1) is 9.54. The molecule has 20 heavy (non-hydrogen) atoms. The Morgan fingerprint density at radius 1 is 1.25 bits per heavy atom. The average Bonchev–Trinajstić information content (AvgIpc) is 2.50. The summed E-state index contributed by atoms with van der Waals surface area (Å²) in [5, 5.41) is 2.53. The summed E-state index contributed by atoms with van der Waals surface area (Å²) in [7, 11) is 3.29. The molecule has 1 aromatic rings. The highest BCUT2D eigenvalue weighted by Crippen LogP contribution is 2.15. The SMILES string of the molecule is CNC(=O)CCN(C)C(=O)CCC(N)c1ccccc1. The third-order valence-electron chi connectivity index (χ3n) is 3.28. The summed E-state index contributed by atoms with van der Waals surface area (Å²) in [5.41, 5.74) is 7.09. The highest BCUT2D eigenvalue weighted by Gasteiger charge is 2.13. The van der Waals surface area contributed by atoms with Crippen molar-refractivity contribution in [2.45, 2.75) is 25.3 Å². The zero-order valence-electron chi connectivity index (χ0n) is 12.1. The van der Waals surface area contributed by atoms with Gasteiger partial charge in [-0.05, 0) is 12.0 Å². The fourth-order valence-corrected chi connectivity index (χ4v) is 1.86. The lowest BCUT2D eigenvalue weighted by Crippen LogP contribution is -2.31. The van der Waals surface area contributed by atoms with E-state index < -0.39 is 0 Å². The number of nitrogens with one attached hydrogen (secondary N) is 1. The number of hydrogen-bond donors (Lipinski definition) is 2. The fourth-order valence-electron chi connectivity index (χ4n) is 1.86. The molecule has 0 aliphatic rings. The quantitative estimate of drug-likeness (QED) is 0.782. The number of hydrogen-bond acceptors (Lipinski definition) is 3. The molecule has 0 spiro atoms. The van der Waals surface area contributed by atoms with Gasteiger partial charge in [-0.15, -0.1) is 0 Å². The van der Waals surface area contributed by atoms with E-state index in [4.69, 9.17) is 5.73 Å². The van der Waals surface area contributed by atoms with Crippen LogP contribution in [-0.4, -0.2) is 37.4 Å². The van der Waals surface area contributed by atoms with E-state index in [1.807, 2.05) is 30.3 Å². The first-order valence-electron chi connectivity index (χ1n) is 6.79. The lowest BCUT2D eigenvalue weighted by atomic mass is 10.0. The summed E-state index contributed by atoms with van der Waals surface area (Å²) in [6.07, 6.45) is 1.32. The largest absolute Gasteiger partial charge is 0.359 e. The molecule has 5 nitrogen and oxygen atoms in total. The van der Waals surface area contributed by atoms with Gasteiger partial charge in [0.05, 0.1) is 0 Å². The van der Waals surface area contributed by atoms with E-state index in [1.165, 1.54) is 0 Å². The molecule has 0 bridgehead atoms. The van der Waals surface area contributed by atoms with E-state index in [0.717, 1.165) is 5.56 Å².